The normalized spacial score (nSPS) is 8.93. The third kappa shape index (κ3) is 3.93. The Bertz CT molecular complexity index is 277. The second kappa shape index (κ2) is 7.18. The summed E-state index contributed by atoms with van der Waals surface area (Å²) >= 11 is 10.0. The van der Waals surface area contributed by atoms with Crippen molar-refractivity contribution in [2.75, 3.05) is 11.4 Å². The second-order valence-electron chi connectivity index (χ2n) is 2.75. The van der Waals surface area contributed by atoms with E-state index in [2.05, 4.69) is 6.92 Å². The van der Waals surface area contributed by atoms with Crippen LogP contribution in [0.4, 0.5) is 5.69 Å². The van der Waals surface area contributed by atoms with Crippen LogP contribution in [0.5, 0.6) is 0 Å². The fourth-order valence-electron chi connectivity index (χ4n) is 1.16. The van der Waals surface area contributed by atoms with Gasteiger partial charge in [-0.3, -0.25) is 0 Å². The molecule has 0 aliphatic carbocycles. The Kier molecular flexibility index (Phi) is 7.10. The topological polar surface area (TPSA) is 3.24 Å². The van der Waals surface area contributed by atoms with Gasteiger partial charge in [0.25, 0.3) is 0 Å². The monoisotopic (exact) mass is 273 g/mol. The van der Waals surface area contributed by atoms with Crippen LogP contribution in [-0.4, -0.2) is 10.9 Å². The maximum absolute atomic E-state index is 5.01. The summed E-state index contributed by atoms with van der Waals surface area (Å²) in [6.45, 7) is 3.01. The zero-order valence-corrected chi connectivity index (χ0v) is 10.4. The Morgan fingerprint density at radius 3 is 2.36 bits per heavy atom. The zero-order valence-electron chi connectivity index (χ0n) is 7.87. The molecule has 0 spiro atoms. The average Bonchev–Trinajstić information content (AvgIpc) is 2.15. The Morgan fingerprint density at radius 1 is 1.36 bits per heavy atom. The fraction of sp³-hybridized carbons (Fsp3) is 0.300. The van der Waals surface area contributed by atoms with Crippen molar-refractivity contribution in [1.82, 2.24) is 0 Å². The predicted molar refractivity (Wildman–Crippen MR) is 64.0 cm³/mol. The molecule has 0 aliphatic heterocycles. The molecule has 0 unspecified atom stereocenters. The van der Waals surface area contributed by atoms with Crippen LogP contribution in [0, 0.1) is 0 Å². The van der Waals surface area contributed by atoms with Gasteiger partial charge in [0.15, 0.2) is 0 Å². The van der Waals surface area contributed by atoms with E-state index >= 15 is 0 Å². The van der Waals surface area contributed by atoms with E-state index in [4.69, 9.17) is 24.8 Å². The second-order valence-corrected chi connectivity index (χ2v) is 3.78. The van der Waals surface area contributed by atoms with Gasteiger partial charge in [0.05, 0.1) is 0 Å². The molecule has 0 bridgehead atoms. The van der Waals surface area contributed by atoms with Gasteiger partial charge in [-0.2, -0.15) is 0 Å². The molecule has 0 radical (unpaired) electrons. The standard InChI is InChI=1S/C10H13NS2.Cu/c1-2-8-11(10(12)13)9-6-4-3-5-7-9;/h3-7H,2,8H2,1H3,(H,12,13);/q;+1/p-1. The van der Waals surface area contributed by atoms with Crippen LogP contribution in [0.25, 0.3) is 0 Å². The number of thiocarbonyl (C=S) groups is 1. The first kappa shape index (κ1) is 13.8. The summed E-state index contributed by atoms with van der Waals surface area (Å²) in [5, 5.41) is 0. The Hall–Kier alpha value is -0.151. The number of para-hydroxylation sites is 1. The molecule has 4 heteroatoms. The van der Waals surface area contributed by atoms with Crippen molar-refractivity contribution < 1.29 is 17.1 Å². The molecule has 80 valence electrons. The SMILES string of the molecule is CCCN(C(=S)[S-])c1ccccc1.[Cu+]. The van der Waals surface area contributed by atoms with Gasteiger partial charge in [-0.15, -0.1) is 0 Å². The van der Waals surface area contributed by atoms with Gasteiger partial charge in [0, 0.05) is 12.2 Å². The number of rotatable bonds is 3. The van der Waals surface area contributed by atoms with Gasteiger partial charge in [0.1, 0.15) is 0 Å². The maximum Gasteiger partial charge on any atom is 1.00 e. The maximum atomic E-state index is 5.01. The number of hydrogen-bond donors (Lipinski definition) is 0. The number of hydrogen-bond acceptors (Lipinski definition) is 2. The van der Waals surface area contributed by atoms with E-state index in [1.54, 1.807) is 0 Å². The molecule has 0 atom stereocenters. The molecule has 0 saturated heterocycles. The van der Waals surface area contributed by atoms with Crippen LogP contribution >= 0.6 is 12.2 Å². The number of nitrogens with zero attached hydrogens (tertiary/aromatic N) is 1. The molecule has 0 aromatic heterocycles. The van der Waals surface area contributed by atoms with Crippen molar-refractivity contribution in [3.8, 4) is 0 Å². The minimum atomic E-state index is 0. The summed E-state index contributed by atoms with van der Waals surface area (Å²) in [7, 11) is 0. The van der Waals surface area contributed by atoms with Gasteiger partial charge in [-0.1, -0.05) is 29.4 Å². The zero-order chi connectivity index (χ0) is 9.68. The third-order valence-corrected chi connectivity index (χ3v) is 2.18. The first-order chi connectivity index (χ1) is 6.25. The molecular weight excluding hydrogens is 262 g/mol. The average molecular weight is 274 g/mol. The van der Waals surface area contributed by atoms with Crippen LogP contribution < -0.4 is 4.90 Å². The van der Waals surface area contributed by atoms with Crippen LogP contribution in [0.3, 0.4) is 0 Å². The van der Waals surface area contributed by atoms with E-state index in [0.717, 1.165) is 18.7 Å². The summed E-state index contributed by atoms with van der Waals surface area (Å²) in [5.41, 5.74) is 1.09. The van der Waals surface area contributed by atoms with Crippen LogP contribution in [-0.2, 0) is 29.7 Å². The molecule has 0 amide bonds. The van der Waals surface area contributed by atoms with E-state index in [1.165, 1.54) is 0 Å². The molecule has 0 aliphatic rings. The van der Waals surface area contributed by atoms with E-state index < -0.39 is 0 Å². The predicted octanol–water partition coefficient (Wildman–Crippen LogP) is 2.73. The van der Waals surface area contributed by atoms with E-state index in [0.29, 0.717) is 4.32 Å². The van der Waals surface area contributed by atoms with Crippen LogP contribution in [0.1, 0.15) is 13.3 Å². The van der Waals surface area contributed by atoms with Crippen LogP contribution in [0.2, 0.25) is 0 Å². The van der Waals surface area contributed by atoms with Gasteiger partial charge in [-0.25, -0.2) is 0 Å². The van der Waals surface area contributed by atoms with Crippen molar-refractivity contribution in [3.05, 3.63) is 30.3 Å². The Morgan fingerprint density at radius 2 is 1.93 bits per heavy atom. The van der Waals surface area contributed by atoms with E-state index in [1.807, 2.05) is 35.2 Å². The molecule has 1 aromatic carbocycles. The van der Waals surface area contributed by atoms with Crippen molar-refractivity contribution in [1.29, 1.82) is 0 Å². The molecule has 0 fully saturated rings. The molecule has 1 rings (SSSR count). The third-order valence-electron chi connectivity index (χ3n) is 1.74. The molecule has 0 saturated carbocycles. The number of benzene rings is 1. The summed E-state index contributed by atoms with van der Waals surface area (Å²) < 4.78 is 0.521. The molecule has 14 heavy (non-hydrogen) atoms. The summed E-state index contributed by atoms with van der Waals surface area (Å²) in [6.07, 6.45) is 1.05. The summed E-state index contributed by atoms with van der Waals surface area (Å²) in [5.74, 6) is 0. The first-order valence-corrected chi connectivity index (χ1v) is 5.11. The molecule has 0 heterocycles. The Labute approximate surface area is 107 Å². The molecule has 0 N–H and O–H groups in total. The Balaban J connectivity index is 0.00000169. The molecular formula is C10H12CuNS2. The fourth-order valence-corrected chi connectivity index (χ4v) is 1.55. The van der Waals surface area contributed by atoms with Crippen molar-refractivity contribution in [2.24, 2.45) is 0 Å². The quantitative estimate of drug-likeness (QED) is 0.474. The largest absolute Gasteiger partial charge is 1.00 e. The van der Waals surface area contributed by atoms with E-state index in [9.17, 15) is 0 Å². The molecule has 1 aromatic rings. The minimum absolute atomic E-state index is 0. The van der Waals surface area contributed by atoms with Crippen molar-refractivity contribution >= 4 is 34.9 Å². The first-order valence-electron chi connectivity index (χ1n) is 4.29. The minimum Gasteiger partial charge on any atom is -0.411 e. The van der Waals surface area contributed by atoms with Crippen molar-refractivity contribution in [2.45, 2.75) is 13.3 Å². The summed E-state index contributed by atoms with van der Waals surface area (Å²) in [6, 6.07) is 10.0. The molecule has 1 nitrogen and oxygen atoms in total. The smallest absolute Gasteiger partial charge is 0.411 e. The van der Waals surface area contributed by atoms with Crippen LogP contribution in [0.15, 0.2) is 30.3 Å². The van der Waals surface area contributed by atoms with Crippen molar-refractivity contribution in [3.63, 3.8) is 0 Å². The number of anilines is 1. The van der Waals surface area contributed by atoms with Gasteiger partial charge in [-0.05, 0) is 18.6 Å². The van der Waals surface area contributed by atoms with Gasteiger partial charge in [0.2, 0.25) is 0 Å². The summed E-state index contributed by atoms with van der Waals surface area (Å²) in [4.78, 5) is 1.98. The van der Waals surface area contributed by atoms with Gasteiger partial charge < -0.3 is 29.7 Å². The van der Waals surface area contributed by atoms with Gasteiger partial charge >= 0.3 is 17.1 Å². The van der Waals surface area contributed by atoms with E-state index in [-0.39, 0.29) is 17.1 Å².